The molecule has 0 aromatic heterocycles. The van der Waals surface area contributed by atoms with Crippen molar-refractivity contribution in [3.05, 3.63) is 94.8 Å². The molecule has 1 heterocycles. The third kappa shape index (κ3) is 3.28. The fourth-order valence-corrected chi connectivity index (χ4v) is 5.42. The Morgan fingerprint density at radius 3 is 2.06 bits per heavy atom. The van der Waals surface area contributed by atoms with Crippen LogP contribution in [0.4, 0.5) is 10.1 Å². The van der Waals surface area contributed by atoms with Crippen molar-refractivity contribution in [2.45, 2.75) is 37.3 Å². The minimum atomic E-state index is -1.01. The molecule has 1 saturated heterocycles. The number of amides is 1. The van der Waals surface area contributed by atoms with E-state index in [4.69, 9.17) is 11.6 Å². The zero-order valence-corrected chi connectivity index (χ0v) is 18.1. The third-order valence-electron chi connectivity index (χ3n) is 7.09. The third-order valence-corrected chi connectivity index (χ3v) is 7.34. The lowest BCUT2D eigenvalue weighted by molar-refractivity contribution is -0.149. The summed E-state index contributed by atoms with van der Waals surface area (Å²) in [6.07, 6.45) is 1.95. The first-order chi connectivity index (χ1) is 15.3. The fraction of sp³-hybridized carbons (Fsp3) is 0.269. The SMILES string of the molecule is O=C1N(c2ccc(F)cc2)[C@H](c2ccc(O)cc2)C12CCC(O)(c1ccc(Cl)cc1)CC2. The van der Waals surface area contributed by atoms with Gasteiger partial charge in [-0.05, 0) is 85.3 Å². The largest absolute Gasteiger partial charge is 0.508 e. The number of rotatable bonds is 3. The molecule has 0 bridgehead atoms. The van der Waals surface area contributed by atoms with Crippen LogP contribution in [0.15, 0.2) is 72.8 Å². The molecule has 1 atom stereocenters. The second kappa shape index (κ2) is 7.61. The minimum Gasteiger partial charge on any atom is -0.508 e. The number of anilines is 1. The molecule has 1 aliphatic heterocycles. The molecule has 3 aromatic carbocycles. The number of aromatic hydroxyl groups is 1. The average molecular weight is 452 g/mol. The average Bonchev–Trinajstić information content (AvgIpc) is 2.80. The monoisotopic (exact) mass is 451 g/mol. The first kappa shape index (κ1) is 21.0. The number of halogens is 2. The highest BCUT2D eigenvalue weighted by molar-refractivity contribution is 6.30. The van der Waals surface area contributed by atoms with Crippen molar-refractivity contribution in [2.75, 3.05) is 4.90 Å². The Balaban J connectivity index is 1.48. The van der Waals surface area contributed by atoms with Crippen LogP contribution in [0.1, 0.15) is 42.9 Å². The summed E-state index contributed by atoms with van der Waals surface area (Å²) >= 11 is 6.00. The Morgan fingerprint density at radius 2 is 1.47 bits per heavy atom. The van der Waals surface area contributed by atoms with Gasteiger partial charge in [0.25, 0.3) is 0 Å². The maximum atomic E-state index is 13.6. The molecular formula is C26H23ClFNO3. The van der Waals surface area contributed by atoms with Crippen LogP contribution in [0.3, 0.4) is 0 Å². The summed E-state index contributed by atoms with van der Waals surface area (Å²) in [5, 5.41) is 21.7. The van der Waals surface area contributed by atoms with Gasteiger partial charge in [0.2, 0.25) is 5.91 Å². The topological polar surface area (TPSA) is 60.8 Å². The van der Waals surface area contributed by atoms with E-state index in [1.165, 1.54) is 12.1 Å². The van der Waals surface area contributed by atoms with Crippen molar-refractivity contribution in [1.82, 2.24) is 0 Å². The maximum absolute atomic E-state index is 13.6. The number of carbonyl (C=O) groups is 1. The molecule has 6 heteroatoms. The van der Waals surface area contributed by atoms with E-state index in [0.717, 1.165) is 11.1 Å². The van der Waals surface area contributed by atoms with Crippen LogP contribution < -0.4 is 4.90 Å². The molecule has 5 rings (SSSR count). The van der Waals surface area contributed by atoms with Crippen molar-refractivity contribution < 1.29 is 19.4 Å². The molecule has 32 heavy (non-hydrogen) atoms. The standard InChI is InChI=1S/C26H23ClFNO3/c27-19-5-3-18(4-6-19)26(32)15-13-25(14-16-26)23(17-1-11-22(30)12-2-17)29(24(25)31)21-9-7-20(28)8-10-21/h1-12,23,30,32H,13-16H2/t23-,25?,26?/m1/s1. The van der Waals surface area contributed by atoms with Gasteiger partial charge in [0.15, 0.2) is 0 Å². The smallest absolute Gasteiger partial charge is 0.236 e. The molecule has 1 amide bonds. The molecule has 2 N–H and O–H groups in total. The number of hydrogen-bond acceptors (Lipinski definition) is 3. The van der Waals surface area contributed by atoms with Gasteiger partial charge in [-0.3, -0.25) is 4.79 Å². The number of carbonyl (C=O) groups excluding carboxylic acids is 1. The first-order valence-corrected chi connectivity index (χ1v) is 11.1. The van der Waals surface area contributed by atoms with Gasteiger partial charge in [-0.25, -0.2) is 4.39 Å². The highest BCUT2D eigenvalue weighted by Crippen LogP contribution is 2.61. The number of hydrogen-bond donors (Lipinski definition) is 2. The Kier molecular flexibility index (Phi) is 4.99. The van der Waals surface area contributed by atoms with Crippen molar-refractivity contribution in [3.8, 4) is 5.75 Å². The van der Waals surface area contributed by atoms with E-state index >= 15 is 0 Å². The van der Waals surface area contributed by atoms with Crippen LogP contribution >= 0.6 is 11.6 Å². The van der Waals surface area contributed by atoms with Gasteiger partial charge in [-0.2, -0.15) is 0 Å². The summed E-state index contributed by atoms with van der Waals surface area (Å²) in [5.74, 6) is -0.216. The summed E-state index contributed by atoms with van der Waals surface area (Å²) in [6.45, 7) is 0. The lowest BCUT2D eigenvalue weighted by Crippen LogP contribution is -2.65. The zero-order valence-electron chi connectivity index (χ0n) is 17.3. The van der Waals surface area contributed by atoms with Crippen LogP contribution in [0.25, 0.3) is 0 Å². The Bertz CT molecular complexity index is 1140. The molecule has 4 nitrogen and oxygen atoms in total. The molecule has 0 unspecified atom stereocenters. The van der Waals surface area contributed by atoms with E-state index in [2.05, 4.69) is 0 Å². The van der Waals surface area contributed by atoms with Crippen LogP contribution in [-0.2, 0) is 10.4 Å². The summed E-state index contributed by atoms with van der Waals surface area (Å²) < 4.78 is 13.5. The van der Waals surface area contributed by atoms with Gasteiger partial charge in [0, 0.05) is 10.7 Å². The number of phenols is 1. The molecule has 1 saturated carbocycles. The summed E-state index contributed by atoms with van der Waals surface area (Å²) in [7, 11) is 0. The predicted molar refractivity (Wildman–Crippen MR) is 121 cm³/mol. The Labute approximate surface area is 190 Å². The fourth-order valence-electron chi connectivity index (χ4n) is 5.29. The highest BCUT2D eigenvalue weighted by atomic mass is 35.5. The summed E-state index contributed by atoms with van der Waals surface area (Å²) in [5.41, 5.74) is 0.693. The molecule has 0 radical (unpaired) electrons. The van der Waals surface area contributed by atoms with Crippen molar-refractivity contribution >= 4 is 23.2 Å². The quantitative estimate of drug-likeness (QED) is 0.500. The van der Waals surface area contributed by atoms with Gasteiger partial charge in [0.1, 0.15) is 11.6 Å². The number of aliphatic hydroxyl groups is 1. The maximum Gasteiger partial charge on any atom is 0.236 e. The van der Waals surface area contributed by atoms with Crippen molar-refractivity contribution in [2.24, 2.45) is 5.41 Å². The molecule has 164 valence electrons. The van der Waals surface area contributed by atoms with Crippen LogP contribution in [0, 0.1) is 11.2 Å². The van der Waals surface area contributed by atoms with E-state index < -0.39 is 11.0 Å². The summed E-state index contributed by atoms with van der Waals surface area (Å²) in [6, 6.07) is 19.8. The molecule has 2 aliphatic rings. The Morgan fingerprint density at radius 1 is 0.875 bits per heavy atom. The van der Waals surface area contributed by atoms with Gasteiger partial charge >= 0.3 is 0 Å². The zero-order chi connectivity index (χ0) is 22.5. The molecule has 1 spiro atoms. The molecule has 2 fully saturated rings. The normalized spacial score (nSPS) is 27.4. The van der Waals surface area contributed by atoms with E-state index in [0.29, 0.717) is 36.4 Å². The molecular weight excluding hydrogens is 429 g/mol. The first-order valence-electron chi connectivity index (χ1n) is 10.7. The van der Waals surface area contributed by atoms with Gasteiger partial charge in [0.05, 0.1) is 17.1 Å². The van der Waals surface area contributed by atoms with Gasteiger partial charge in [-0.1, -0.05) is 35.9 Å². The van der Waals surface area contributed by atoms with Crippen LogP contribution in [0.5, 0.6) is 5.75 Å². The highest BCUT2D eigenvalue weighted by Gasteiger charge is 2.63. The van der Waals surface area contributed by atoms with E-state index in [1.54, 1.807) is 41.3 Å². The lowest BCUT2D eigenvalue weighted by Gasteiger charge is -2.59. The van der Waals surface area contributed by atoms with Crippen LogP contribution in [-0.4, -0.2) is 16.1 Å². The van der Waals surface area contributed by atoms with Gasteiger partial charge < -0.3 is 15.1 Å². The second-order valence-electron chi connectivity index (χ2n) is 8.84. The van der Waals surface area contributed by atoms with Crippen molar-refractivity contribution in [3.63, 3.8) is 0 Å². The molecule has 3 aromatic rings. The minimum absolute atomic E-state index is 0.0136. The van der Waals surface area contributed by atoms with E-state index in [9.17, 15) is 19.4 Å². The van der Waals surface area contributed by atoms with E-state index in [-0.39, 0.29) is 23.5 Å². The lowest BCUT2D eigenvalue weighted by atomic mass is 9.56. The summed E-state index contributed by atoms with van der Waals surface area (Å²) in [4.78, 5) is 15.3. The van der Waals surface area contributed by atoms with E-state index in [1.807, 2.05) is 24.3 Å². The number of benzene rings is 3. The van der Waals surface area contributed by atoms with Crippen molar-refractivity contribution in [1.29, 1.82) is 0 Å². The number of β-lactam (4-membered cyclic amide) rings is 1. The Hall–Kier alpha value is -2.89. The number of phenolic OH excluding ortho intramolecular Hbond substituents is 1. The predicted octanol–water partition coefficient (Wildman–Crippen LogP) is 5.72. The molecule has 1 aliphatic carbocycles. The second-order valence-corrected chi connectivity index (χ2v) is 9.28. The van der Waals surface area contributed by atoms with Gasteiger partial charge in [-0.15, -0.1) is 0 Å². The number of nitrogens with zero attached hydrogens (tertiary/aromatic N) is 1. The van der Waals surface area contributed by atoms with Crippen LogP contribution in [0.2, 0.25) is 5.02 Å².